The summed E-state index contributed by atoms with van der Waals surface area (Å²) in [7, 11) is 0. The molecule has 1 amide bonds. The van der Waals surface area contributed by atoms with Crippen molar-refractivity contribution in [2.45, 2.75) is 57.2 Å². The van der Waals surface area contributed by atoms with Gasteiger partial charge in [-0.3, -0.25) is 14.5 Å². The van der Waals surface area contributed by atoms with Crippen LogP contribution in [0.3, 0.4) is 0 Å². The Morgan fingerprint density at radius 2 is 2.00 bits per heavy atom. The van der Waals surface area contributed by atoms with Crippen LogP contribution in [0, 0.1) is 5.92 Å². The third kappa shape index (κ3) is 2.04. The lowest BCUT2D eigenvalue weighted by Gasteiger charge is -2.38. The second kappa shape index (κ2) is 4.78. The van der Waals surface area contributed by atoms with Gasteiger partial charge in [0.2, 0.25) is 5.91 Å². The van der Waals surface area contributed by atoms with Crippen molar-refractivity contribution in [1.82, 2.24) is 9.80 Å². The van der Waals surface area contributed by atoms with E-state index in [-0.39, 0.29) is 23.9 Å². The SMILES string of the molecule is CC1C(C(=O)O)CCN1C1CC(=O)N2CCCCC12. The summed E-state index contributed by atoms with van der Waals surface area (Å²) in [5.74, 6) is -0.701. The van der Waals surface area contributed by atoms with E-state index in [9.17, 15) is 14.7 Å². The fourth-order valence-electron chi connectivity index (χ4n) is 4.20. The average molecular weight is 266 g/mol. The highest BCUT2D eigenvalue weighted by Crippen LogP contribution is 2.36. The van der Waals surface area contributed by atoms with Crippen LogP contribution < -0.4 is 0 Å². The molecule has 3 aliphatic rings. The number of carbonyl (C=O) groups excluding carboxylic acids is 1. The van der Waals surface area contributed by atoms with Crippen molar-refractivity contribution in [3.8, 4) is 0 Å². The number of fused-ring (bicyclic) bond motifs is 1. The molecule has 0 aromatic rings. The Morgan fingerprint density at radius 3 is 2.68 bits per heavy atom. The number of hydrogen-bond donors (Lipinski definition) is 1. The van der Waals surface area contributed by atoms with E-state index in [1.54, 1.807) is 0 Å². The van der Waals surface area contributed by atoms with Crippen LogP contribution in [0.25, 0.3) is 0 Å². The lowest BCUT2D eigenvalue weighted by atomic mass is 9.96. The molecule has 3 heterocycles. The average Bonchev–Trinajstić information content (AvgIpc) is 2.91. The standard InChI is InChI=1S/C14H22N2O3/c1-9-10(14(18)19)5-7-15(9)12-8-13(17)16-6-3-2-4-11(12)16/h9-12H,2-8H2,1H3,(H,18,19). The van der Waals surface area contributed by atoms with E-state index in [1.807, 2.05) is 11.8 Å². The van der Waals surface area contributed by atoms with Gasteiger partial charge in [0.05, 0.1) is 5.92 Å². The summed E-state index contributed by atoms with van der Waals surface area (Å²) >= 11 is 0. The van der Waals surface area contributed by atoms with Crippen molar-refractivity contribution >= 4 is 11.9 Å². The molecule has 0 aliphatic carbocycles. The Balaban J connectivity index is 1.76. The Bertz CT molecular complexity index is 398. The van der Waals surface area contributed by atoms with Crippen LogP contribution in [0.2, 0.25) is 0 Å². The first kappa shape index (κ1) is 12.9. The van der Waals surface area contributed by atoms with Gasteiger partial charge in [0.1, 0.15) is 0 Å². The molecule has 4 unspecified atom stereocenters. The third-order valence-electron chi connectivity index (χ3n) is 5.24. The molecule has 3 rings (SSSR count). The lowest BCUT2D eigenvalue weighted by molar-refractivity contribution is -0.142. The van der Waals surface area contributed by atoms with Gasteiger partial charge in [-0.25, -0.2) is 0 Å². The number of likely N-dealkylation sites (tertiary alicyclic amines) is 1. The summed E-state index contributed by atoms with van der Waals surface area (Å²) in [4.78, 5) is 27.6. The molecule has 19 heavy (non-hydrogen) atoms. The zero-order valence-corrected chi connectivity index (χ0v) is 11.4. The summed E-state index contributed by atoms with van der Waals surface area (Å²) < 4.78 is 0. The second-order valence-electron chi connectivity index (χ2n) is 6.13. The minimum absolute atomic E-state index is 0.0529. The monoisotopic (exact) mass is 266 g/mol. The first-order valence-electron chi connectivity index (χ1n) is 7.37. The van der Waals surface area contributed by atoms with Crippen LogP contribution in [-0.4, -0.2) is 58.0 Å². The molecule has 3 saturated heterocycles. The first-order chi connectivity index (χ1) is 9.09. The zero-order valence-electron chi connectivity index (χ0n) is 11.4. The number of aliphatic carboxylic acids is 1. The van der Waals surface area contributed by atoms with E-state index in [4.69, 9.17) is 0 Å². The van der Waals surface area contributed by atoms with Crippen molar-refractivity contribution in [2.75, 3.05) is 13.1 Å². The normalized spacial score (nSPS) is 39.6. The molecule has 5 nitrogen and oxygen atoms in total. The van der Waals surface area contributed by atoms with Crippen LogP contribution >= 0.6 is 0 Å². The Morgan fingerprint density at radius 1 is 1.21 bits per heavy atom. The van der Waals surface area contributed by atoms with Gasteiger partial charge >= 0.3 is 5.97 Å². The smallest absolute Gasteiger partial charge is 0.308 e. The van der Waals surface area contributed by atoms with E-state index >= 15 is 0 Å². The number of carboxylic acids is 1. The minimum atomic E-state index is -0.695. The van der Waals surface area contributed by atoms with E-state index in [0.717, 1.165) is 25.9 Å². The van der Waals surface area contributed by atoms with Crippen molar-refractivity contribution in [2.24, 2.45) is 5.92 Å². The minimum Gasteiger partial charge on any atom is -0.481 e. The van der Waals surface area contributed by atoms with Crippen LogP contribution in [0.4, 0.5) is 0 Å². The second-order valence-corrected chi connectivity index (χ2v) is 6.13. The topological polar surface area (TPSA) is 60.9 Å². The van der Waals surface area contributed by atoms with Crippen LogP contribution in [-0.2, 0) is 9.59 Å². The van der Waals surface area contributed by atoms with E-state index in [1.165, 1.54) is 6.42 Å². The molecule has 1 N–H and O–H groups in total. The maximum absolute atomic E-state index is 12.1. The Kier molecular flexibility index (Phi) is 3.25. The molecule has 0 bridgehead atoms. The van der Waals surface area contributed by atoms with Crippen LogP contribution in [0.15, 0.2) is 0 Å². The van der Waals surface area contributed by atoms with Gasteiger partial charge in [-0.05, 0) is 39.2 Å². The van der Waals surface area contributed by atoms with Crippen LogP contribution in [0.5, 0.6) is 0 Å². The molecule has 0 aromatic heterocycles. The zero-order chi connectivity index (χ0) is 13.6. The highest BCUT2D eigenvalue weighted by Gasteiger charge is 2.48. The lowest BCUT2D eigenvalue weighted by Crippen LogP contribution is -2.49. The molecule has 0 radical (unpaired) electrons. The van der Waals surface area contributed by atoms with Gasteiger partial charge < -0.3 is 10.0 Å². The number of carboxylic acid groups (broad SMARTS) is 1. The van der Waals surface area contributed by atoms with Crippen molar-refractivity contribution in [3.63, 3.8) is 0 Å². The molecule has 5 heteroatoms. The largest absolute Gasteiger partial charge is 0.481 e. The molecule has 4 atom stereocenters. The number of hydrogen-bond acceptors (Lipinski definition) is 3. The summed E-state index contributed by atoms with van der Waals surface area (Å²) in [6, 6.07) is 0.626. The molecule has 0 aromatic carbocycles. The number of nitrogens with zero attached hydrogens (tertiary/aromatic N) is 2. The van der Waals surface area contributed by atoms with E-state index in [2.05, 4.69) is 4.90 Å². The summed E-state index contributed by atoms with van der Waals surface area (Å²) in [6.45, 7) is 3.72. The molecular formula is C14H22N2O3. The van der Waals surface area contributed by atoms with Gasteiger partial charge in [0, 0.05) is 31.1 Å². The molecular weight excluding hydrogens is 244 g/mol. The molecule has 3 fully saturated rings. The fraction of sp³-hybridized carbons (Fsp3) is 0.857. The van der Waals surface area contributed by atoms with Crippen molar-refractivity contribution in [1.29, 1.82) is 0 Å². The predicted octanol–water partition coefficient (Wildman–Crippen LogP) is 0.935. The van der Waals surface area contributed by atoms with E-state index < -0.39 is 5.97 Å². The Hall–Kier alpha value is -1.10. The Labute approximate surface area is 113 Å². The summed E-state index contributed by atoms with van der Waals surface area (Å²) in [5, 5.41) is 9.22. The van der Waals surface area contributed by atoms with Crippen molar-refractivity contribution in [3.05, 3.63) is 0 Å². The third-order valence-corrected chi connectivity index (χ3v) is 5.24. The maximum Gasteiger partial charge on any atom is 0.308 e. The van der Waals surface area contributed by atoms with Crippen LogP contribution in [0.1, 0.15) is 39.0 Å². The number of rotatable bonds is 2. The quantitative estimate of drug-likeness (QED) is 0.808. The summed E-state index contributed by atoms with van der Waals surface area (Å²) in [6.07, 6.45) is 4.68. The maximum atomic E-state index is 12.1. The molecule has 3 aliphatic heterocycles. The van der Waals surface area contributed by atoms with E-state index in [0.29, 0.717) is 18.9 Å². The molecule has 106 valence electrons. The van der Waals surface area contributed by atoms with Gasteiger partial charge in [-0.2, -0.15) is 0 Å². The highest BCUT2D eigenvalue weighted by atomic mass is 16.4. The molecule has 0 spiro atoms. The number of carbonyl (C=O) groups is 2. The fourth-order valence-corrected chi connectivity index (χ4v) is 4.20. The molecule has 0 saturated carbocycles. The number of amides is 1. The van der Waals surface area contributed by atoms with Crippen molar-refractivity contribution < 1.29 is 14.7 Å². The highest BCUT2D eigenvalue weighted by molar-refractivity contribution is 5.80. The first-order valence-corrected chi connectivity index (χ1v) is 7.37. The van der Waals surface area contributed by atoms with Gasteiger partial charge in [-0.1, -0.05) is 0 Å². The predicted molar refractivity (Wildman–Crippen MR) is 69.7 cm³/mol. The van der Waals surface area contributed by atoms with Gasteiger partial charge in [-0.15, -0.1) is 0 Å². The van der Waals surface area contributed by atoms with Gasteiger partial charge in [0.15, 0.2) is 0 Å². The number of piperidine rings is 1. The van der Waals surface area contributed by atoms with Gasteiger partial charge in [0.25, 0.3) is 0 Å². The summed E-state index contributed by atoms with van der Waals surface area (Å²) in [5.41, 5.74) is 0.